The molecule has 98 valence electrons. The number of rotatable bonds is 8. The first kappa shape index (κ1) is 16.1. The molecule has 16 heavy (non-hydrogen) atoms. The molecule has 0 aromatic carbocycles. The number of hydrogen-bond acceptors (Lipinski definition) is 3. The molecule has 0 fully saturated rings. The first-order valence-electron chi connectivity index (χ1n) is 5.17. The number of ether oxygens (including phenoxy) is 1. The van der Waals surface area contributed by atoms with Crippen molar-refractivity contribution in [2.45, 2.75) is 31.7 Å². The minimum absolute atomic E-state index is 0.0664. The highest BCUT2D eigenvalue weighted by molar-refractivity contribution is 7.87. The fourth-order valence-electron chi connectivity index (χ4n) is 0.988. The van der Waals surface area contributed by atoms with E-state index in [0.29, 0.717) is 19.6 Å². The van der Waals surface area contributed by atoms with Crippen LogP contribution < -0.4 is 4.72 Å². The first-order chi connectivity index (χ1) is 7.31. The van der Waals surface area contributed by atoms with Crippen LogP contribution in [0.3, 0.4) is 0 Å². The zero-order valence-electron chi connectivity index (χ0n) is 10.2. The second-order valence-corrected chi connectivity index (χ2v) is 6.28. The van der Waals surface area contributed by atoms with Gasteiger partial charge in [0.15, 0.2) is 0 Å². The molecular weight excluding hydrogens is 252 g/mol. The zero-order chi connectivity index (χ0) is 12.8. The molecule has 1 N–H and O–H groups in total. The second kappa shape index (κ2) is 7.45. The summed E-state index contributed by atoms with van der Waals surface area (Å²) >= 11 is 5.88. The summed E-state index contributed by atoms with van der Waals surface area (Å²) in [5.74, 6) is 0. The summed E-state index contributed by atoms with van der Waals surface area (Å²) in [7, 11) is -0.283. The van der Waals surface area contributed by atoms with Gasteiger partial charge in [-0.2, -0.15) is 12.7 Å². The second-order valence-electron chi connectivity index (χ2n) is 3.85. The lowest BCUT2D eigenvalue weighted by Crippen LogP contribution is -2.42. The molecule has 0 rings (SSSR count). The Hall–Kier alpha value is 0.120. The average Bonchev–Trinajstić information content (AvgIpc) is 2.16. The van der Waals surface area contributed by atoms with Crippen LogP contribution in [-0.2, 0) is 14.9 Å². The Balaban J connectivity index is 4.01. The van der Waals surface area contributed by atoms with Gasteiger partial charge in [-0.25, -0.2) is 4.72 Å². The Bertz CT molecular complexity index is 282. The number of alkyl halides is 1. The molecule has 0 radical (unpaired) electrons. The standard InChI is InChI=1S/C9H21ClN2O3S/c1-8(2)12(3)16(13,14)11-6-5-9(10)7-15-4/h8-9,11H,5-7H2,1-4H3. The van der Waals surface area contributed by atoms with Gasteiger partial charge in [0.05, 0.1) is 12.0 Å². The normalized spacial score (nSPS) is 14.7. The van der Waals surface area contributed by atoms with Crippen molar-refractivity contribution in [3.63, 3.8) is 0 Å². The van der Waals surface area contributed by atoms with Gasteiger partial charge in [-0.1, -0.05) is 0 Å². The van der Waals surface area contributed by atoms with Crippen LogP contribution in [0.4, 0.5) is 0 Å². The molecule has 0 aliphatic heterocycles. The number of hydrogen-bond donors (Lipinski definition) is 1. The van der Waals surface area contributed by atoms with Gasteiger partial charge >= 0.3 is 0 Å². The van der Waals surface area contributed by atoms with Crippen molar-refractivity contribution in [3.05, 3.63) is 0 Å². The maximum Gasteiger partial charge on any atom is 0.279 e. The third kappa shape index (κ3) is 6.00. The summed E-state index contributed by atoms with van der Waals surface area (Å²) < 4.78 is 31.9. The molecule has 0 bridgehead atoms. The van der Waals surface area contributed by atoms with Crippen LogP contribution in [0.15, 0.2) is 0 Å². The lowest BCUT2D eigenvalue weighted by molar-refractivity contribution is 0.195. The van der Waals surface area contributed by atoms with Gasteiger partial charge in [-0.05, 0) is 20.3 Å². The monoisotopic (exact) mass is 272 g/mol. The van der Waals surface area contributed by atoms with Crippen LogP contribution in [0.25, 0.3) is 0 Å². The highest BCUT2D eigenvalue weighted by Gasteiger charge is 2.19. The van der Waals surface area contributed by atoms with Crippen molar-refractivity contribution < 1.29 is 13.2 Å². The maximum atomic E-state index is 11.7. The molecule has 0 aliphatic carbocycles. The van der Waals surface area contributed by atoms with Gasteiger partial charge < -0.3 is 4.74 Å². The molecule has 1 unspecified atom stereocenters. The molecule has 0 amide bonds. The van der Waals surface area contributed by atoms with E-state index in [1.165, 1.54) is 4.31 Å². The zero-order valence-corrected chi connectivity index (χ0v) is 11.8. The van der Waals surface area contributed by atoms with Crippen LogP contribution in [-0.4, -0.2) is 51.5 Å². The van der Waals surface area contributed by atoms with Crippen LogP contribution in [0.1, 0.15) is 20.3 Å². The molecule has 5 nitrogen and oxygen atoms in total. The Labute approximate surface area is 103 Å². The molecule has 0 aliphatic rings. The lowest BCUT2D eigenvalue weighted by atomic mass is 10.3. The summed E-state index contributed by atoms with van der Waals surface area (Å²) in [6, 6.07) is -0.0664. The molecule has 0 saturated heterocycles. The van der Waals surface area contributed by atoms with E-state index in [1.54, 1.807) is 14.2 Å². The summed E-state index contributed by atoms with van der Waals surface area (Å²) in [4.78, 5) is 0. The van der Waals surface area contributed by atoms with Crippen LogP contribution in [0, 0.1) is 0 Å². The van der Waals surface area contributed by atoms with Crippen molar-refractivity contribution in [1.82, 2.24) is 9.03 Å². The van der Waals surface area contributed by atoms with Gasteiger partial charge in [0.2, 0.25) is 0 Å². The van der Waals surface area contributed by atoms with Gasteiger partial charge in [0, 0.05) is 26.7 Å². The average molecular weight is 273 g/mol. The SMILES string of the molecule is COCC(Cl)CCNS(=O)(=O)N(C)C(C)C. The van der Waals surface area contributed by atoms with Crippen LogP contribution >= 0.6 is 11.6 Å². The summed E-state index contributed by atoms with van der Waals surface area (Å²) in [5.41, 5.74) is 0. The van der Waals surface area contributed by atoms with Gasteiger partial charge in [0.1, 0.15) is 0 Å². The minimum Gasteiger partial charge on any atom is -0.383 e. The number of methoxy groups -OCH3 is 1. The lowest BCUT2D eigenvalue weighted by Gasteiger charge is -2.21. The molecule has 1 atom stereocenters. The molecule has 0 aromatic heterocycles. The molecular formula is C9H21ClN2O3S. The van der Waals surface area contributed by atoms with Crippen molar-refractivity contribution in [1.29, 1.82) is 0 Å². The molecule has 0 spiro atoms. The van der Waals surface area contributed by atoms with E-state index in [-0.39, 0.29) is 11.4 Å². The molecule has 0 aromatic rings. The highest BCUT2D eigenvalue weighted by atomic mass is 35.5. The predicted molar refractivity (Wildman–Crippen MR) is 66.0 cm³/mol. The van der Waals surface area contributed by atoms with E-state index in [2.05, 4.69) is 4.72 Å². The maximum absolute atomic E-state index is 11.7. The van der Waals surface area contributed by atoms with E-state index in [4.69, 9.17) is 16.3 Å². The Morgan fingerprint density at radius 2 is 2.00 bits per heavy atom. The summed E-state index contributed by atoms with van der Waals surface area (Å²) in [6.45, 7) is 4.36. The fourth-order valence-corrected chi connectivity index (χ4v) is 2.36. The molecule has 7 heteroatoms. The van der Waals surface area contributed by atoms with Crippen molar-refractivity contribution >= 4 is 21.8 Å². The number of nitrogens with zero attached hydrogens (tertiary/aromatic N) is 1. The van der Waals surface area contributed by atoms with Crippen LogP contribution in [0.5, 0.6) is 0 Å². The van der Waals surface area contributed by atoms with Gasteiger partial charge in [-0.3, -0.25) is 0 Å². The van der Waals surface area contributed by atoms with E-state index in [0.717, 1.165) is 0 Å². The minimum atomic E-state index is -3.39. The Kier molecular flexibility index (Phi) is 7.50. The van der Waals surface area contributed by atoms with E-state index >= 15 is 0 Å². The fraction of sp³-hybridized carbons (Fsp3) is 1.00. The third-order valence-corrected chi connectivity index (χ3v) is 4.29. The quantitative estimate of drug-likeness (QED) is 0.665. The van der Waals surface area contributed by atoms with Crippen molar-refractivity contribution in [2.24, 2.45) is 0 Å². The Morgan fingerprint density at radius 1 is 1.44 bits per heavy atom. The first-order valence-corrected chi connectivity index (χ1v) is 7.04. The number of halogens is 1. The van der Waals surface area contributed by atoms with Crippen molar-refractivity contribution in [2.75, 3.05) is 27.3 Å². The summed E-state index contributed by atoms with van der Waals surface area (Å²) in [6.07, 6.45) is 0.542. The largest absolute Gasteiger partial charge is 0.383 e. The molecule has 0 heterocycles. The van der Waals surface area contributed by atoms with Crippen molar-refractivity contribution in [3.8, 4) is 0 Å². The Morgan fingerprint density at radius 3 is 2.44 bits per heavy atom. The van der Waals surface area contributed by atoms with E-state index in [9.17, 15) is 8.42 Å². The highest BCUT2D eigenvalue weighted by Crippen LogP contribution is 2.04. The topological polar surface area (TPSA) is 58.6 Å². The van der Waals surface area contributed by atoms with Gasteiger partial charge in [0.25, 0.3) is 10.2 Å². The van der Waals surface area contributed by atoms with Crippen LogP contribution in [0.2, 0.25) is 0 Å². The van der Waals surface area contributed by atoms with E-state index in [1.807, 2.05) is 13.8 Å². The van der Waals surface area contributed by atoms with E-state index < -0.39 is 10.2 Å². The number of nitrogens with one attached hydrogen (secondary N) is 1. The van der Waals surface area contributed by atoms with Gasteiger partial charge in [-0.15, -0.1) is 11.6 Å². The predicted octanol–water partition coefficient (Wildman–Crippen LogP) is 0.805. The smallest absolute Gasteiger partial charge is 0.279 e. The molecule has 0 saturated carbocycles. The summed E-state index contributed by atoms with van der Waals surface area (Å²) in [5, 5.41) is -0.169. The third-order valence-electron chi connectivity index (χ3n) is 2.20.